The Balaban J connectivity index is 0.00000168. The highest BCUT2D eigenvalue weighted by Crippen LogP contribution is 2.34. The number of rotatable bonds is 10. The minimum atomic E-state index is -0.403. The van der Waals surface area contributed by atoms with Crippen molar-refractivity contribution < 1.29 is 19.1 Å². The first kappa shape index (κ1) is 32.9. The molecule has 1 heterocycles. The van der Waals surface area contributed by atoms with Crippen LogP contribution in [0, 0.1) is 11.8 Å². The molecule has 0 spiro atoms. The predicted octanol–water partition coefficient (Wildman–Crippen LogP) is 5.62. The molecule has 0 aliphatic rings. The molecule has 1 N–H and O–H groups in total. The molecule has 0 aliphatic heterocycles. The van der Waals surface area contributed by atoms with Gasteiger partial charge in [-0.15, -0.1) is 0 Å². The highest BCUT2D eigenvalue weighted by atomic mass is 16.5. The van der Waals surface area contributed by atoms with Crippen LogP contribution < -0.4 is 5.32 Å². The van der Waals surface area contributed by atoms with E-state index in [1.165, 1.54) is 0 Å². The van der Waals surface area contributed by atoms with Gasteiger partial charge in [-0.2, -0.15) is 0 Å². The number of amides is 2. The van der Waals surface area contributed by atoms with E-state index in [0.29, 0.717) is 12.2 Å². The lowest BCUT2D eigenvalue weighted by atomic mass is 9.81. The number of hydrogen-bond donors (Lipinski definition) is 1. The lowest BCUT2D eigenvalue weighted by Crippen LogP contribution is -2.45. The number of esters is 1. The summed E-state index contributed by atoms with van der Waals surface area (Å²) in [5, 5.41) is 3.91. The SMILES string of the molecule is CC(C)C.CCOC(=O)/C(C)=C/[C@H](C(C)C)N(C)C(=O)CNC(=O)CC(C)(C)c1cn(C)c2ccccc12. The van der Waals surface area contributed by atoms with E-state index in [1.54, 1.807) is 31.9 Å². The van der Waals surface area contributed by atoms with Crippen LogP contribution in [0.3, 0.4) is 0 Å². The van der Waals surface area contributed by atoms with Crippen molar-refractivity contribution in [2.45, 2.75) is 80.2 Å². The van der Waals surface area contributed by atoms with Gasteiger partial charge in [0.15, 0.2) is 0 Å². The van der Waals surface area contributed by atoms with Crippen LogP contribution in [0.4, 0.5) is 0 Å². The molecule has 0 aliphatic carbocycles. The molecule has 0 saturated heterocycles. The van der Waals surface area contributed by atoms with Crippen LogP contribution >= 0.6 is 0 Å². The first-order valence-electron chi connectivity index (χ1n) is 13.5. The maximum absolute atomic E-state index is 12.8. The minimum Gasteiger partial charge on any atom is -0.463 e. The zero-order valence-electron chi connectivity index (χ0n) is 25.3. The molecule has 7 heteroatoms. The largest absolute Gasteiger partial charge is 0.463 e. The number of carbonyl (C=O) groups excluding carboxylic acids is 3. The predicted molar refractivity (Wildman–Crippen MR) is 156 cm³/mol. The molecule has 1 aromatic carbocycles. The summed E-state index contributed by atoms with van der Waals surface area (Å²) in [5.41, 5.74) is 2.28. The van der Waals surface area contributed by atoms with Crippen LogP contribution in [0.15, 0.2) is 42.1 Å². The van der Waals surface area contributed by atoms with E-state index in [-0.39, 0.29) is 36.7 Å². The third-order valence-corrected chi connectivity index (χ3v) is 6.21. The Kier molecular flexibility index (Phi) is 12.8. The first-order chi connectivity index (χ1) is 17.6. The van der Waals surface area contributed by atoms with Crippen LogP contribution in [0.5, 0.6) is 0 Å². The van der Waals surface area contributed by atoms with Gasteiger partial charge in [0.2, 0.25) is 11.8 Å². The number of aryl methyl sites for hydroxylation is 1. The van der Waals surface area contributed by atoms with E-state index in [4.69, 9.17) is 4.74 Å². The fraction of sp³-hybridized carbons (Fsp3) is 0.581. The number of ether oxygens (including phenoxy) is 1. The molecule has 0 saturated carbocycles. The van der Waals surface area contributed by atoms with E-state index in [9.17, 15) is 14.4 Å². The highest BCUT2D eigenvalue weighted by Gasteiger charge is 2.29. The molecule has 7 nitrogen and oxygen atoms in total. The summed E-state index contributed by atoms with van der Waals surface area (Å²) in [6.07, 6.45) is 4.09. The molecular weight excluding hydrogens is 478 g/mol. The average Bonchev–Trinajstić information content (AvgIpc) is 3.17. The number of benzene rings is 1. The van der Waals surface area contributed by atoms with Crippen LogP contribution in [0.1, 0.15) is 74.3 Å². The van der Waals surface area contributed by atoms with Gasteiger partial charge in [0.05, 0.1) is 19.2 Å². The van der Waals surface area contributed by atoms with Crippen LogP contribution in [0.2, 0.25) is 0 Å². The summed E-state index contributed by atoms with van der Waals surface area (Å²) in [7, 11) is 3.69. The standard InChI is InChI=1S/C27H39N3O4.C4H10/c1-9-34-26(33)19(4)14-23(18(2)3)30(8)25(32)16-28-24(31)15-27(5,6)21-17-29(7)22-13-11-10-12-20(21)22;1-4(2)3/h10-14,17-18,23H,9,15-16H2,1-8H3,(H,28,31);4H,1-3H3/b19-14+;/t23-;/m1./s1. The van der Waals surface area contributed by atoms with Crippen LogP contribution in [0.25, 0.3) is 10.9 Å². The normalized spacial score (nSPS) is 12.7. The van der Waals surface area contributed by atoms with Gasteiger partial charge in [-0.3, -0.25) is 9.59 Å². The van der Waals surface area contributed by atoms with Gasteiger partial charge in [-0.25, -0.2) is 4.79 Å². The molecule has 212 valence electrons. The molecule has 2 amide bonds. The van der Waals surface area contributed by atoms with Gasteiger partial charge in [-0.1, -0.05) is 72.7 Å². The molecule has 2 aromatic rings. The quantitative estimate of drug-likeness (QED) is 0.321. The molecule has 1 aromatic heterocycles. The Bertz CT molecular complexity index is 1110. The highest BCUT2D eigenvalue weighted by molar-refractivity contribution is 5.89. The molecule has 2 rings (SSSR count). The summed E-state index contributed by atoms with van der Waals surface area (Å²) in [6, 6.07) is 7.84. The number of carbonyl (C=O) groups is 3. The van der Waals surface area contributed by atoms with E-state index in [2.05, 4.69) is 49.0 Å². The molecular formula is C31H49N3O4. The molecule has 1 atom stereocenters. The van der Waals surface area contributed by atoms with Crippen molar-refractivity contribution in [2.24, 2.45) is 18.9 Å². The number of nitrogens with one attached hydrogen (secondary N) is 1. The fourth-order valence-corrected chi connectivity index (χ4v) is 4.23. The Hall–Kier alpha value is -3.09. The lowest BCUT2D eigenvalue weighted by Gasteiger charge is -2.30. The van der Waals surface area contributed by atoms with Crippen molar-refractivity contribution in [1.82, 2.24) is 14.8 Å². The van der Waals surface area contributed by atoms with E-state index in [1.807, 2.05) is 46.9 Å². The second-order valence-corrected chi connectivity index (χ2v) is 11.5. The second-order valence-electron chi connectivity index (χ2n) is 11.5. The number of para-hydroxylation sites is 1. The maximum atomic E-state index is 12.8. The second kappa shape index (κ2) is 14.7. The number of fused-ring (bicyclic) bond motifs is 1. The Morgan fingerprint density at radius 1 is 1.11 bits per heavy atom. The molecule has 0 radical (unpaired) electrons. The van der Waals surface area contributed by atoms with Gasteiger partial charge >= 0.3 is 5.97 Å². The van der Waals surface area contributed by atoms with Crippen molar-refractivity contribution in [1.29, 1.82) is 0 Å². The fourth-order valence-electron chi connectivity index (χ4n) is 4.23. The summed E-state index contributed by atoms with van der Waals surface area (Å²) in [5.74, 6) is 0.124. The van der Waals surface area contributed by atoms with Crippen LogP contribution in [-0.2, 0) is 31.6 Å². The third-order valence-electron chi connectivity index (χ3n) is 6.21. The summed E-state index contributed by atoms with van der Waals surface area (Å²) in [6.45, 7) is 18.2. The first-order valence-corrected chi connectivity index (χ1v) is 13.5. The summed E-state index contributed by atoms with van der Waals surface area (Å²) >= 11 is 0. The Labute approximate surface area is 229 Å². The minimum absolute atomic E-state index is 0.0827. The van der Waals surface area contributed by atoms with Crippen molar-refractivity contribution in [3.8, 4) is 0 Å². The number of aromatic nitrogens is 1. The zero-order valence-corrected chi connectivity index (χ0v) is 25.3. The van der Waals surface area contributed by atoms with Gasteiger partial charge in [0, 0.05) is 48.6 Å². The monoisotopic (exact) mass is 527 g/mol. The third kappa shape index (κ3) is 9.66. The number of nitrogens with zero attached hydrogens (tertiary/aromatic N) is 2. The Morgan fingerprint density at radius 2 is 1.68 bits per heavy atom. The number of hydrogen-bond acceptors (Lipinski definition) is 4. The zero-order chi connectivity index (χ0) is 29.2. The van der Waals surface area contributed by atoms with Crippen LogP contribution in [-0.4, -0.2) is 53.5 Å². The van der Waals surface area contributed by atoms with Crippen molar-refractivity contribution in [2.75, 3.05) is 20.2 Å². The molecule has 0 fully saturated rings. The summed E-state index contributed by atoms with van der Waals surface area (Å²) in [4.78, 5) is 39.2. The lowest BCUT2D eigenvalue weighted by molar-refractivity contribution is -0.138. The molecule has 38 heavy (non-hydrogen) atoms. The van der Waals surface area contributed by atoms with Gasteiger partial charge < -0.3 is 19.5 Å². The topological polar surface area (TPSA) is 80.6 Å². The van der Waals surface area contributed by atoms with Crippen molar-refractivity contribution in [3.05, 3.63) is 47.7 Å². The van der Waals surface area contributed by atoms with E-state index < -0.39 is 11.4 Å². The van der Waals surface area contributed by atoms with Gasteiger partial charge in [-0.05, 0) is 37.3 Å². The van der Waals surface area contributed by atoms with E-state index in [0.717, 1.165) is 22.4 Å². The van der Waals surface area contributed by atoms with Crippen molar-refractivity contribution in [3.63, 3.8) is 0 Å². The number of likely N-dealkylation sites (N-methyl/N-ethyl adjacent to an activating group) is 1. The maximum Gasteiger partial charge on any atom is 0.333 e. The van der Waals surface area contributed by atoms with Gasteiger partial charge in [0.25, 0.3) is 0 Å². The molecule has 0 bridgehead atoms. The summed E-state index contributed by atoms with van der Waals surface area (Å²) < 4.78 is 7.12. The Morgan fingerprint density at radius 3 is 2.24 bits per heavy atom. The van der Waals surface area contributed by atoms with Gasteiger partial charge in [0.1, 0.15) is 0 Å². The molecule has 0 unspecified atom stereocenters. The van der Waals surface area contributed by atoms with E-state index >= 15 is 0 Å². The van der Waals surface area contributed by atoms with Crippen molar-refractivity contribution >= 4 is 28.7 Å². The average molecular weight is 528 g/mol. The smallest absolute Gasteiger partial charge is 0.333 e.